The third-order valence-electron chi connectivity index (χ3n) is 6.92. The molecule has 1 aromatic carbocycles. The van der Waals surface area contributed by atoms with Gasteiger partial charge in [-0.2, -0.15) is 4.98 Å². The molecule has 2 aromatic rings. The number of carbonyl (C=O) groups excluding carboxylic acids is 1. The number of alkyl halides is 1. The van der Waals surface area contributed by atoms with Gasteiger partial charge in [-0.15, -0.1) is 0 Å². The van der Waals surface area contributed by atoms with Crippen molar-refractivity contribution in [3.05, 3.63) is 42.1 Å². The van der Waals surface area contributed by atoms with Crippen LogP contribution in [0.4, 0.5) is 27.4 Å². The standard InChI is InChI=1S/C25H30ClFN6O4/c1-4-21(34)30-18-9-15(5-6-19(18)33-8-7-32(3)14(2)11-33)29-25-28-10-16(26)24(31-25)37-20-13-36-22-17(27)12-35-23(20)22/h4-6,9-10,14,17,20,22-23H,1,7-8,11-13H2,2-3H3,(H,30,34)(H,28,29,31)/t14-,17+,20+,22+,23+/m1/s1. The molecular formula is C25H30ClFN6O4. The average Bonchev–Trinajstić information content (AvgIpc) is 3.46. The van der Waals surface area contributed by atoms with Crippen LogP contribution in [0.1, 0.15) is 6.92 Å². The molecule has 5 atom stereocenters. The van der Waals surface area contributed by atoms with Crippen LogP contribution >= 0.6 is 11.6 Å². The Balaban J connectivity index is 1.34. The van der Waals surface area contributed by atoms with Crippen molar-refractivity contribution in [3.8, 4) is 5.88 Å². The summed E-state index contributed by atoms with van der Waals surface area (Å²) < 4.78 is 30.8. The van der Waals surface area contributed by atoms with Crippen molar-refractivity contribution in [1.82, 2.24) is 14.9 Å². The van der Waals surface area contributed by atoms with E-state index in [1.165, 1.54) is 12.3 Å². The summed E-state index contributed by atoms with van der Waals surface area (Å²) in [6.07, 6.45) is -0.208. The summed E-state index contributed by atoms with van der Waals surface area (Å²) in [6.45, 7) is 8.49. The van der Waals surface area contributed by atoms with Gasteiger partial charge >= 0.3 is 0 Å². The molecule has 4 heterocycles. The minimum Gasteiger partial charge on any atom is -0.468 e. The van der Waals surface area contributed by atoms with Gasteiger partial charge in [0.15, 0.2) is 12.3 Å². The molecule has 0 aliphatic carbocycles. The van der Waals surface area contributed by atoms with E-state index in [2.05, 4.69) is 51.0 Å². The van der Waals surface area contributed by atoms with Crippen molar-refractivity contribution in [2.45, 2.75) is 37.4 Å². The number of fused-ring (bicyclic) bond motifs is 1. The molecule has 1 aromatic heterocycles. The lowest BCUT2D eigenvalue weighted by Crippen LogP contribution is -2.50. The number of amides is 1. The maximum absolute atomic E-state index is 13.9. The molecule has 1 amide bonds. The maximum Gasteiger partial charge on any atom is 0.247 e. The average molecular weight is 533 g/mol. The molecule has 37 heavy (non-hydrogen) atoms. The molecule has 2 N–H and O–H groups in total. The van der Waals surface area contributed by atoms with Crippen molar-refractivity contribution in [3.63, 3.8) is 0 Å². The van der Waals surface area contributed by atoms with E-state index >= 15 is 0 Å². The quantitative estimate of drug-likeness (QED) is 0.521. The predicted molar refractivity (Wildman–Crippen MR) is 139 cm³/mol. The smallest absolute Gasteiger partial charge is 0.247 e. The van der Waals surface area contributed by atoms with E-state index in [4.69, 9.17) is 25.8 Å². The normalized spacial score (nSPS) is 27.6. The molecule has 10 nitrogen and oxygen atoms in total. The van der Waals surface area contributed by atoms with Crippen LogP contribution in [-0.4, -0.2) is 91.2 Å². The zero-order chi connectivity index (χ0) is 26.1. The number of nitrogens with zero attached hydrogens (tertiary/aromatic N) is 4. The number of nitrogens with one attached hydrogen (secondary N) is 2. The van der Waals surface area contributed by atoms with Crippen molar-refractivity contribution in [2.24, 2.45) is 0 Å². The van der Waals surface area contributed by atoms with Crippen LogP contribution in [0, 0.1) is 0 Å². The zero-order valence-corrected chi connectivity index (χ0v) is 21.4. The maximum atomic E-state index is 13.9. The van der Waals surface area contributed by atoms with E-state index in [1.807, 2.05) is 18.2 Å². The number of rotatable bonds is 7. The Morgan fingerprint density at radius 2 is 2.11 bits per heavy atom. The number of hydrogen-bond acceptors (Lipinski definition) is 9. The molecule has 198 valence electrons. The van der Waals surface area contributed by atoms with E-state index in [0.717, 1.165) is 25.3 Å². The number of piperazine rings is 1. The Bertz CT molecular complexity index is 1170. The SMILES string of the molecule is C=CC(=O)Nc1cc(Nc2ncc(Cl)c(O[C@H]3CO[C@@H]4[C@H]3OC[C@@H]4F)n2)ccc1N1CCN(C)[C@H](C)C1. The van der Waals surface area contributed by atoms with Gasteiger partial charge in [-0.25, -0.2) is 9.37 Å². The number of likely N-dealkylation sites (N-methyl/N-ethyl adjacent to an activating group) is 1. The molecule has 0 radical (unpaired) electrons. The number of halogens is 2. The largest absolute Gasteiger partial charge is 0.468 e. The Morgan fingerprint density at radius 3 is 2.89 bits per heavy atom. The molecule has 0 unspecified atom stereocenters. The van der Waals surface area contributed by atoms with Crippen molar-refractivity contribution < 1.29 is 23.4 Å². The van der Waals surface area contributed by atoms with Gasteiger partial charge in [0.25, 0.3) is 0 Å². The number of aromatic nitrogens is 2. The highest BCUT2D eigenvalue weighted by Gasteiger charge is 2.49. The van der Waals surface area contributed by atoms with Gasteiger partial charge in [0.2, 0.25) is 17.7 Å². The molecule has 0 bridgehead atoms. The Hall–Kier alpha value is -2.99. The van der Waals surface area contributed by atoms with Crippen LogP contribution in [0.15, 0.2) is 37.1 Å². The van der Waals surface area contributed by atoms with Crippen molar-refractivity contribution in [2.75, 3.05) is 55.4 Å². The topological polar surface area (TPSA) is 101 Å². The molecule has 12 heteroatoms. The third kappa shape index (κ3) is 5.49. The fraction of sp³-hybridized carbons (Fsp3) is 0.480. The first-order valence-corrected chi connectivity index (χ1v) is 12.6. The highest BCUT2D eigenvalue weighted by atomic mass is 35.5. The second-order valence-corrected chi connectivity index (χ2v) is 9.85. The summed E-state index contributed by atoms with van der Waals surface area (Å²) in [4.78, 5) is 25.4. The summed E-state index contributed by atoms with van der Waals surface area (Å²) in [5.74, 6) is 0.0795. The summed E-state index contributed by atoms with van der Waals surface area (Å²) >= 11 is 6.28. The summed E-state index contributed by atoms with van der Waals surface area (Å²) in [6, 6.07) is 6.04. The monoisotopic (exact) mass is 532 g/mol. The van der Waals surface area contributed by atoms with Crippen LogP contribution in [0.5, 0.6) is 5.88 Å². The molecule has 5 rings (SSSR count). The minimum atomic E-state index is -1.18. The Morgan fingerprint density at radius 1 is 1.30 bits per heavy atom. The van der Waals surface area contributed by atoms with Gasteiger partial charge in [0.05, 0.1) is 30.8 Å². The van der Waals surface area contributed by atoms with Gasteiger partial charge < -0.3 is 34.6 Å². The van der Waals surface area contributed by atoms with Crippen LogP contribution in [-0.2, 0) is 14.3 Å². The third-order valence-corrected chi connectivity index (χ3v) is 7.18. The first-order valence-electron chi connectivity index (χ1n) is 12.2. The van der Waals surface area contributed by atoms with Crippen LogP contribution in [0.2, 0.25) is 5.02 Å². The van der Waals surface area contributed by atoms with E-state index in [9.17, 15) is 9.18 Å². The molecule has 0 spiro atoms. The van der Waals surface area contributed by atoms with Crippen LogP contribution in [0.25, 0.3) is 0 Å². The Labute approximate surface area is 219 Å². The van der Waals surface area contributed by atoms with Gasteiger partial charge in [-0.1, -0.05) is 18.2 Å². The first kappa shape index (κ1) is 25.7. The van der Waals surface area contributed by atoms with Crippen LogP contribution < -0.4 is 20.3 Å². The molecule has 0 saturated carbocycles. The van der Waals surface area contributed by atoms with Gasteiger partial charge in [-0.3, -0.25) is 4.79 Å². The highest BCUT2D eigenvalue weighted by molar-refractivity contribution is 6.31. The van der Waals surface area contributed by atoms with Crippen molar-refractivity contribution >= 4 is 40.5 Å². The number of carbonyl (C=O) groups is 1. The van der Waals surface area contributed by atoms with E-state index in [1.54, 1.807) is 0 Å². The fourth-order valence-corrected chi connectivity index (χ4v) is 4.86. The van der Waals surface area contributed by atoms with E-state index in [-0.39, 0.29) is 36.0 Å². The zero-order valence-electron chi connectivity index (χ0n) is 20.7. The van der Waals surface area contributed by atoms with Crippen LogP contribution in [0.3, 0.4) is 0 Å². The summed E-state index contributed by atoms with van der Waals surface area (Å²) in [5.41, 5.74) is 2.22. The molecule has 3 aliphatic rings. The number of hydrogen-bond donors (Lipinski definition) is 2. The number of ether oxygens (including phenoxy) is 3. The fourth-order valence-electron chi connectivity index (χ4n) is 4.73. The number of anilines is 4. The lowest BCUT2D eigenvalue weighted by molar-refractivity contribution is -0.111. The van der Waals surface area contributed by atoms with Gasteiger partial charge in [-0.05, 0) is 38.2 Å². The highest BCUT2D eigenvalue weighted by Crippen LogP contribution is 2.34. The lowest BCUT2D eigenvalue weighted by atomic mass is 10.1. The molecule has 3 aliphatic heterocycles. The number of benzene rings is 1. The molecule has 3 fully saturated rings. The van der Waals surface area contributed by atoms with Crippen molar-refractivity contribution in [1.29, 1.82) is 0 Å². The molecular weight excluding hydrogens is 503 g/mol. The van der Waals surface area contributed by atoms with E-state index in [0.29, 0.717) is 17.4 Å². The summed E-state index contributed by atoms with van der Waals surface area (Å²) in [5, 5.41) is 6.26. The van der Waals surface area contributed by atoms with Gasteiger partial charge in [0.1, 0.15) is 17.2 Å². The second kappa shape index (κ2) is 10.8. The van der Waals surface area contributed by atoms with Gasteiger partial charge in [0, 0.05) is 31.4 Å². The summed E-state index contributed by atoms with van der Waals surface area (Å²) in [7, 11) is 2.11. The predicted octanol–water partition coefficient (Wildman–Crippen LogP) is 3.02. The minimum absolute atomic E-state index is 0.0206. The second-order valence-electron chi connectivity index (χ2n) is 9.44. The Kier molecular flexibility index (Phi) is 7.47. The first-order chi connectivity index (χ1) is 17.8. The lowest BCUT2D eigenvalue weighted by Gasteiger charge is -2.39. The molecule has 3 saturated heterocycles. The van der Waals surface area contributed by atoms with E-state index < -0.39 is 24.5 Å².